The molecule has 8 nitrogen and oxygen atoms in total. The molecule has 0 saturated heterocycles. The van der Waals surface area contributed by atoms with Crippen molar-refractivity contribution >= 4 is 34.1 Å². The second-order valence-electron chi connectivity index (χ2n) is 9.03. The lowest BCUT2D eigenvalue weighted by molar-refractivity contribution is -0.0308. The molecule has 0 bridgehead atoms. The summed E-state index contributed by atoms with van der Waals surface area (Å²) < 4.78 is 20.5. The summed E-state index contributed by atoms with van der Waals surface area (Å²) in [5.74, 6) is 0.227. The summed E-state index contributed by atoms with van der Waals surface area (Å²) in [5, 5.41) is 16.4. The van der Waals surface area contributed by atoms with Crippen molar-refractivity contribution in [2.24, 2.45) is 5.92 Å². The standard InChI is InChI=1S/C24H26FN5O3/c1-11-3-19-23(29-8-11)12(2)17(9-27-19)16-4-13-5-20(28-10-18(13)22(26)21(16)25)30-24(32)33-15-6-14(31)7-15/h4-5,9-11,14-15,29,31H,3,6-8,26H2,1-2H3,(H,28,30,32). The molecule has 3 heterocycles. The summed E-state index contributed by atoms with van der Waals surface area (Å²) in [6.45, 7) is 4.96. The Bertz CT molecular complexity index is 1260. The Morgan fingerprint density at radius 3 is 2.82 bits per heavy atom. The van der Waals surface area contributed by atoms with Crippen LogP contribution in [0.15, 0.2) is 24.5 Å². The summed E-state index contributed by atoms with van der Waals surface area (Å²) in [5.41, 5.74) is 9.98. The number of hydrogen-bond acceptors (Lipinski definition) is 7. The fourth-order valence-corrected chi connectivity index (χ4v) is 4.48. The summed E-state index contributed by atoms with van der Waals surface area (Å²) >= 11 is 0. The number of anilines is 3. The number of rotatable bonds is 3. The van der Waals surface area contributed by atoms with Gasteiger partial charge in [0.1, 0.15) is 11.9 Å². The molecule has 2 aliphatic rings. The monoisotopic (exact) mass is 451 g/mol. The maximum atomic E-state index is 15.3. The van der Waals surface area contributed by atoms with Crippen LogP contribution in [0.2, 0.25) is 0 Å². The lowest BCUT2D eigenvalue weighted by Crippen LogP contribution is -2.37. The molecule has 0 radical (unpaired) electrons. The Morgan fingerprint density at radius 1 is 1.27 bits per heavy atom. The molecule has 172 valence electrons. The van der Waals surface area contributed by atoms with E-state index >= 15 is 4.39 Å². The summed E-state index contributed by atoms with van der Waals surface area (Å²) in [6, 6.07) is 3.33. The van der Waals surface area contributed by atoms with E-state index in [-0.39, 0.29) is 17.6 Å². The number of nitrogen functional groups attached to an aromatic ring is 1. The van der Waals surface area contributed by atoms with E-state index in [1.807, 2.05) is 6.92 Å². The van der Waals surface area contributed by atoms with E-state index in [4.69, 9.17) is 10.5 Å². The average molecular weight is 452 g/mol. The molecule has 1 atom stereocenters. The molecule has 1 amide bonds. The van der Waals surface area contributed by atoms with Crippen LogP contribution >= 0.6 is 0 Å². The minimum atomic E-state index is -0.649. The Hall–Kier alpha value is -3.46. The fourth-order valence-electron chi connectivity index (χ4n) is 4.48. The fraction of sp³-hybridized carbons (Fsp3) is 0.375. The Morgan fingerprint density at radius 2 is 2.06 bits per heavy atom. The zero-order valence-electron chi connectivity index (χ0n) is 18.5. The molecule has 1 aromatic carbocycles. The number of benzene rings is 1. The van der Waals surface area contributed by atoms with E-state index in [0.717, 1.165) is 29.9 Å². The number of ether oxygens (including phenoxy) is 1. The number of fused-ring (bicyclic) bond motifs is 2. The maximum Gasteiger partial charge on any atom is 0.413 e. The molecule has 1 fully saturated rings. The predicted molar refractivity (Wildman–Crippen MR) is 125 cm³/mol. The van der Waals surface area contributed by atoms with Gasteiger partial charge in [0.25, 0.3) is 0 Å². The van der Waals surface area contributed by atoms with Crippen molar-refractivity contribution in [3.8, 4) is 11.1 Å². The normalized spacial score (nSPS) is 21.6. The first-order chi connectivity index (χ1) is 15.8. The second-order valence-corrected chi connectivity index (χ2v) is 9.03. The number of amides is 1. The highest BCUT2D eigenvalue weighted by molar-refractivity contribution is 5.99. The maximum absolute atomic E-state index is 15.3. The SMILES string of the molecule is Cc1c(-c2cc3cc(NC(=O)OC4CC(O)C4)ncc3c(N)c2F)cnc2c1NCC(C)C2. The van der Waals surface area contributed by atoms with Gasteiger partial charge in [-0.3, -0.25) is 10.3 Å². The van der Waals surface area contributed by atoms with Crippen LogP contribution in [0.4, 0.5) is 26.4 Å². The molecule has 9 heteroatoms. The van der Waals surface area contributed by atoms with Gasteiger partial charge in [-0.25, -0.2) is 14.2 Å². The molecule has 1 aliphatic carbocycles. The minimum absolute atomic E-state index is 0.00807. The largest absolute Gasteiger partial charge is 0.446 e. The smallest absolute Gasteiger partial charge is 0.413 e. The van der Waals surface area contributed by atoms with E-state index in [2.05, 4.69) is 27.5 Å². The van der Waals surface area contributed by atoms with Crippen molar-refractivity contribution in [1.29, 1.82) is 0 Å². The van der Waals surface area contributed by atoms with Gasteiger partial charge < -0.3 is 20.9 Å². The lowest BCUT2D eigenvalue weighted by atomic mass is 9.92. The van der Waals surface area contributed by atoms with Gasteiger partial charge in [-0.05, 0) is 42.3 Å². The number of aliphatic hydroxyl groups excluding tert-OH is 1. The van der Waals surface area contributed by atoms with Crippen molar-refractivity contribution in [2.45, 2.75) is 45.3 Å². The van der Waals surface area contributed by atoms with Crippen molar-refractivity contribution < 1.29 is 19.0 Å². The molecule has 0 spiro atoms. The first-order valence-electron chi connectivity index (χ1n) is 11.1. The summed E-state index contributed by atoms with van der Waals surface area (Å²) in [7, 11) is 0. The zero-order chi connectivity index (χ0) is 23.3. The molecule has 5 N–H and O–H groups in total. The molecule has 1 aliphatic heterocycles. The molecule has 33 heavy (non-hydrogen) atoms. The molecule has 2 aromatic heterocycles. The quantitative estimate of drug-likeness (QED) is 0.444. The first kappa shape index (κ1) is 21.4. The number of aliphatic hydroxyl groups is 1. The van der Waals surface area contributed by atoms with Gasteiger partial charge in [0.05, 0.1) is 23.2 Å². The number of carbonyl (C=O) groups excluding carboxylic acids is 1. The van der Waals surface area contributed by atoms with E-state index in [0.29, 0.717) is 40.7 Å². The third-order valence-electron chi connectivity index (χ3n) is 6.45. The third-order valence-corrected chi connectivity index (χ3v) is 6.45. The number of aromatic nitrogens is 2. The average Bonchev–Trinajstić information content (AvgIpc) is 2.75. The first-order valence-corrected chi connectivity index (χ1v) is 11.1. The molecule has 5 rings (SSSR count). The number of hydrogen-bond donors (Lipinski definition) is 4. The predicted octanol–water partition coefficient (Wildman–Crippen LogP) is 4.00. The lowest BCUT2D eigenvalue weighted by Gasteiger charge is -2.30. The van der Waals surface area contributed by atoms with Gasteiger partial charge in [0, 0.05) is 48.3 Å². The van der Waals surface area contributed by atoms with Gasteiger partial charge in [0.15, 0.2) is 5.82 Å². The number of nitrogens with two attached hydrogens (primary N) is 1. The van der Waals surface area contributed by atoms with Crippen LogP contribution in [0.5, 0.6) is 0 Å². The van der Waals surface area contributed by atoms with Crippen LogP contribution in [0, 0.1) is 18.7 Å². The van der Waals surface area contributed by atoms with Crippen LogP contribution < -0.4 is 16.4 Å². The van der Waals surface area contributed by atoms with Crippen molar-refractivity contribution in [2.75, 3.05) is 22.9 Å². The zero-order valence-corrected chi connectivity index (χ0v) is 18.5. The molecule has 3 aromatic rings. The van der Waals surface area contributed by atoms with Crippen LogP contribution in [0.1, 0.15) is 31.0 Å². The van der Waals surface area contributed by atoms with Crippen LogP contribution in [-0.4, -0.2) is 39.9 Å². The highest BCUT2D eigenvalue weighted by Crippen LogP contribution is 2.38. The number of carbonyl (C=O) groups is 1. The molecular formula is C24H26FN5O3. The van der Waals surface area contributed by atoms with Crippen molar-refractivity contribution in [1.82, 2.24) is 9.97 Å². The number of halogens is 1. The molecule has 1 unspecified atom stereocenters. The van der Waals surface area contributed by atoms with E-state index in [9.17, 15) is 9.90 Å². The van der Waals surface area contributed by atoms with Crippen LogP contribution in [0.25, 0.3) is 21.9 Å². The van der Waals surface area contributed by atoms with E-state index in [1.165, 1.54) is 6.20 Å². The van der Waals surface area contributed by atoms with Gasteiger partial charge in [0.2, 0.25) is 0 Å². The van der Waals surface area contributed by atoms with E-state index < -0.39 is 18.0 Å². The van der Waals surface area contributed by atoms with Crippen molar-refractivity contribution in [3.05, 3.63) is 41.6 Å². The summed E-state index contributed by atoms with van der Waals surface area (Å²) in [6.07, 6.45) is 3.50. The van der Waals surface area contributed by atoms with Crippen LogP contribution in [-0.2, 0) is 11.2 Å². The van der Waals surface area contributed by atoms with Gasteiger partial charge in [-0.2, -0.15) is 0 Å². The number of nitrogens with one attached hydrogen (secondary N) is 2. The van der Waals surface area contributed by atoms with Gasteiger partial charge >= 0.3 is 6.09 Å². The summed E-state index contributed by atoms with van der Waals surface area (Å²) in [4.78, 5) is 20.9. The highest BCUT2D eigenvalue weighted by atomic mass is 19.1. The van der Waals surface area contributed by atoms with Gasteiger partial charge in [-0.15, -0.1) is 0 Å². The van der Waals surface area contributed by atoms with Gasteiger partial charge in [-0.1, -0.05) is 6.92 Å². The molecular weight excluding hydrogens is 425 g/mol. The minimum Gasteiger partial charge on any atom is -0.446 e. The number of nitrogens with zero attached hydrogens (tertiary/aromatic N) is 2. The topological polar surface area (TPSA) is 122 Å². The molecule has 1 saturated carbocycles. The van der Waals surface area contributed by atoms with E-state index in [1.54, 1.807) is 18.3 Å². The number of pyridine rings is 2. The third kappa shape index (κ3) is 3.93. The highest BCUT2D eigenvalue weighted by Gasteiger charge is 2.30. The van der Waals surface area contributed by atoms with Crippen LogP contribution in [0.3, 0.4) is 0 Å². The Labute approximate surface area is 190 Å². The Kier molecular flexibility index (Phi) is 5.28. The second kappa shape index (κ2) is 8.15. The van der Waals surface area contributed by atoms with Crippen molar-refractivity contribution in [3.63, 3.8) is 0 Å². The Balaban J connectivity index is 1.48.